The molecule has 0 unspecified atom stereocenters. The van der Waals surface area contributed by atoms with E-state index in [4.69, 9.17) is 11.6 Å². The maximum Gasteiger partial charge on any atom is 0.137 e. The summed E-state index contributed by atoms with van der Waals surface area (Å²) in [5.41, 5.74) is 2.04. The Morgan fingerprint density at radius 3 is 2.62 bits per heavy atom. The van der Waals surface area contributed by atoms with Crippen LogP contribution in [0.2, 0.25) is 0 Å². The van der Waals surface area contributed by atoms with Gasteiger partial charge in [0.15, 0.2) is 0 Å². The lowest BCUT2D eigenvalue weighted by molar-refractivity contribution is 1.22. The molecule has 0 saturated carbocycles. The highest BCUT2D eigenvalue weighted by Crippen LogP contribution is 2.22. The topological polar surface area (TPSA) is 28.7 Å². The molecule has 1 N–H and O–H groups in total. The third-order valence-electron chi connectivity index (χ3n) is 2.21. The number of halogens is 1. The highest BCUT2D eigenvalue weighted by molar-refractivity contribution is 7.99. The van der Waals surface area contributed by atoms with E-state index in [1.54, 1.807) is 6.20 Å². The summed E-state index contributed by atoms with van der Waals surface area (Å²) in [6.45, 7) is 2.15. The van der Waals surface area contributed by atoms with Gasteiger partial charge in [0.05, 0.1) is 5.88 Å². The predicted octanol–water partition coefficient (Wildman–Crippen LogP) is 3.93. The van der Waals surface area contributed by atoms with Crippen LogP contribution in [0, 0.1) is 0 Å². The van der Waals surface area contributed by atoms with Gasteiger partial charge in [-0.05, 0) is 17.9 Å². The van der Waals surface area contributed by atoms with E-state index >= 15 is 0 Å². The molecule has 0 saturated heterocycles. The molecule has 0 aliphatic carbocycles. The fourth-order valence-electron chi connectivity index (χ4n) is 1.45. The molecule has 0 spiro atoms. The molecular formula is C12H13ClN2S. The van der Waals surface area contributed by atoms with Crippen LogP contribution in [-0.2, 0) is 5.88 Å². The third-order valence-corrected chi connectivity index (χ3v) is 3.39. The standard InChI is InChI=1S/C12H13ClN2S/c1-2-16-11-5-3-9(4-6-11)12-14-8-10(7-13)15-12/h3-6,8H,2,7H2,1H3,(H,14,15). The summed E-state index contributed by atoms with van der Waals surface area (Å²) in [4.78, 5) is 8.75. The molecule has 1 aromatic carbocycles. The average Bonchev–Trinajstić information content (AvgIpc) is 2.79. The van der Waals surface area contributed by atoms with Crippen molar-refractivity contribution in [1.82, 2.24) is 9.97 Å². The number of alkyl halides is 1. The molecule has 0 fully saturated rings. The van der Waals surface area contributed by atoms with Crippen LogP contribution in [0.1, 0.15) is 12.6 Å². The molecule has 0 aliphatic heterocycles. The zero-order valence-corrected chi connectivity index (χ0v) is 10.6. The van der Waals surface area contributed by atoms with Crippen molar-refractivity contribution < 1.29 is 0 Å². The van der Waals surface area contributed by atoms with Gasteiger partial charge in [-0.1, -0.05) is 19.1 Å². The number of aromatic nitrogens is 2. The minimum atomic E-state index is 0.469. The lowest BCUT2D eigenvalue weighted by atomic mass is 10.2. The van der Waals surface area contributed by atoms with Crippen LogP contribution < -0.4 is 0 Å². The smallest absolute Gasteiger partial charge is 0.137 e. The summed E-state index contributed by atoms with van der Waals surface area (Å²) in [7, 11) is 0. The molecule has 0 bridgehead atoms. The molecule has 0 radical (unpaired) electrons. The van der Waals surface area contributed by atoms with Gasteiger partial charge in [-0.3, -0.25) is 0 Å². The van der Waals surface area contributed by atoms with Gasteiger partial charge in [-0.25, -0.2) is 4.98 Å². The van der Waals surface area contributed by atoms with Crippen LogP contribution in [0.25, 0.3) is 11.4 Å². The van der Waals surface area contributed by atoms with Crippen LogP contribution in [0.3, 0.4) is 0 Å². The van der Waals surface area contributed by atoms with Crippen molar-refractivity contribution in [3.05, 3.63) is 36.2 Å². The summed E-state index contributed by atoms with van der Waals surface area (Å²) >= 11 is 7.56. The quantitative estimate of drug-likeness (QED) is 0.660. The van der Waals surface area contributed by atoms with E-state index in [2.05, 4.69) is 41.2 Å². The zero-order chi connectivity index (χ0) is 11.4. The third kappa shape index (κ3) is 2.60. The van der Waals surface area contributed by atoms with Gasteiger partial charge in [-0.2, -0.15) is 0 Å². The second-order valence-electron chi connectivity index (χ2n) is 3.35. The van der Waals surface area contributed by atoms with Crippen molar-refractivity contribution in [3.8, 4) is 11.4 Å². The second kappa shape index (κ2) is 5.41. The maximum absolute atomic E-state index is 5.72. The zero-order valence-electron chi connectivity index (χ0n) is 9.03. The Morgan fingerprint density at radius 1 is 1.31 bits per heavy atom. The number of benzene rings is 1. The predicted molar refractivity (Wildman–Crippen MR) is 70.0 cm³/mol. The number of hydrogen-bond acceptors (Lipinski definition) is 2. The van der Waals surface area contributed by atoms with Crippen molar-refractivity contribution in [3.63, 3.8) is 0 Å². The van der Waals surface area contributed by atoms with Crippen molar-refractivity contribution in [2.24, 2.45) is 0 Å². The Balaban J connectivity index is 2.20. The van der Waals surface area contributed by atoms with Crippen LogP contribution in [0.15, 0.2) is 35.4 Å². The van der Waals surface area contributed by atoms with E-state index in [9.17, 15) is 0 Å². The van der Waals surface area contributed by atoms with Crippen molar-refractivity contribution >= 4 is 23.4 Å². The normalized spacial score (nSPS) is 10.6. The number of imidazole rings is 1. The van der Waals surface area contributed by atoms with Crippen molar-refractivity contribution in [2.75, 3.05) is 5.75 Å². The maximum atomic E-state index is 5.72. The molecule has 4 heteroatoms. The minimum Gasteiger partial charge on any atom is -0.341 e. The molecule has 16 heavy (non-hydrogen) atoms. The lowest BCUT2D eigenvalue weighted by Crippen LogP contribution is -1.82. The Kier molecular flexibility index (Phi) is 3.91. The molecule has 0 atom stereocenters. The van der Waals surface area contributed by atoms with Crippen LogP contribution in [-0.4, -0.2) is 15.7 Å². The van der Waals surface area contributed by atoms with Gasteiger partial charge in [0.2, 0.25) is 0 Å². The fourth-order valence-corrected chi connectivity index (χ4v) is 2.25. The molecule has 2 aromatic rings. The van der Waals surface area contributed by atoms with E-state index in [0.717, 1.165) is 22.8 Å². The Labute approximate surface area is 104 Å². The summed E-state index contributed by atoms with van der Waals surface area (Å²) < 4.78 is 0. The van der Waals surface area contributed by atoms with Crippen molar-refractivity contribution in [1.29, 1.82) is 0 Å². The molecule has 2 nitrogen and oxygen atoms in total. The second-order valence-corrected chi connectivity index (χ2v) is 4.95. The molecular weight excluding hydrogens is 240 g/mol. The van der Waals surface area contributed by atoms with E-state index in [-0.39, 0.29) is 0 Å². The van der Waals surface area contributed by atoms with E-state index in [1.807, 2.05) is 11.8 Å². The molecule has 0 amide bonds. The highest BCUT2D eigenvalue weighted by Gasteiger charge is 2.02. The number of rotatable bonds is 4. The largest absolute Gasteiger partial charge is 0.341 e. The monoisotopic (exact) mass is 252 g/mol. The van der Waals surface area contributed by atoms with Gasteiger partial charge in [0, 0.05) is 22.3 Å². The first-order chi connectivity index (χ1) is 7.83. The Morgan fingerprint density at radius 2 is 2.06 bits per heavy atom. The number of thioether (sulfide) groups is 1. The summed E-state index contributed by atoms with van der Waals surface area (Å²) in [5, 5.41) is 0. The summed E-state index contributed by atoms with van der Waals surface area (Å²) in [6, 6.07) is 8.39. The Hall–Kier alpha value is -0.930. The van der Waals surface area contributed by atoms with Gasteiger partial charge in [0.1, 0.15) is 5.82 Å². The summed E-state index contributed by atoms with van der Waals surface area (Å²) in [5.74, 6) is 2.44. The molecule has 2 rings (SSSR count). The Bertz CT molecular complexity index is 450. The minimum absolute atomic E-state index is 0.469. The molecule has 84 valence electrons. The fraction of sp³-hybridized carbons (Fsp3) is 0.250. The number of nitrogens with zero attached hydrogens (tertiary/aromatic N) is 1. The van der Waals surface area contributed by atoms with Crippen LogP contribution in [0.4, 0.5) is 0 Å². The first-order valence-corrected chi connectivity index (χ1v) is 6.68. The molecule has 0 aliphatic rings. The number of aromatic amines is 1. The summed E-state index contributed by atoms with van der Waals surface area (Å²) in [6.07, 6.45) is 1.77. The number of H-pyrrole nitrogens is 1. The van der Waals surface area contributed by atoms with Crippen LogP contribution >= 0.6 is 23.4 Å². The van der Waals surface area contributed by atoms with E-state index in [0.29, 0.717) is 5.88 Å². The van der Waals surface area contributed by atoms with E-state index < -0.39 is 0 Å². The molecule has 1 heterocycles. The first-order valence-electron chi connectivity index (χ1n) is 5.16. The molecule has 1 aromatic heterocycles. The van der Waals surface area contributed by atoms with Gasteiger partial charge in [0.25, 0.3) is 0 Å². The first kappa shape index (κ1) is 11.6. The van der Waals surface area contributed by atoms with Gasteiger partial charge < -0.3 is 4.98 Å². The SMILES string of the molecule is CCSc1ccc(-c2ncc(CCl)[nH]2)cc1. The van der Waals surface area contributed by atoms with Crippen molar-refractivity contribution in [2.45, 2.75) is 17.7 Å². The lowest BCUT2D eigenvalue weighted by Gasteiger charge is -2.00. The highest BCUT2D eigenvalue weighted by atomic mass is 35.5. The van der Waals surface area contributed by atoms with Crippen LogP contribution in [0.5, 0.6) is 0 Å². The number of nitrogens with one attached hydrogen (secondary N) is 1. The van der Waals surface area contributed by atoms with E-state index in [1.165, 1.54) is 4.90 Å². The van der Waals surface area contributed by atoms with Gasteiger partial charge in [-0.15, -0.1) is 23.4 Å². The average molecular weight is 253 g/mol. The van der Waals surface area contributed by atoms with Gasteiger partial charge >= 0.3 is 0 Å². The number of hydrogen-bond donors (Lipinski definition) is 1.